The van der Waals surface area contributed by atoms with Crippen LogP contribution < -0.4 is 4.90 Å². The Labute approximate surface area is 123 Å². The molecule has 1 unspecified atom stereocenters. The van der Waals surface area contributed by atoms with Gasteiger partial charge in [0.15, 0.2) is 17.6 Å². The maximum atomic E-state index is 12.4. The minimum Gasteiger partial charge on any atom is -0.365 e. The number of rotatable bonds is 2. The van der Waals surface area contributed by atoms with E-state index in [-0.39, 0.29) is 11.6 Å². The van der Waals surface area contributed by atoms with E-state index in [0.717, 1.165) is 25.9 Å². The number of nitriles is 1. The molecule has 21 heavy (non-hydrogen) atoms. The van der Waals surface area contributed by atoms with E-state index in [4.69, 9.17) is 10.00 Å². The Morgan fingerprint density at radius 1 is 1.29 bits per heavy atom. The normalized spacial score (nSPS) is 22.1. The van der Waals surface area contributed by atoms with Crippen molar-refractivity contribution in [2.75, 3.05) is 37.7 Å². The van der Waals surface area contributed by atoms with E-state index in [1.807, 2.05) is 15.9 Å². The Morgan fingerprint density at radius 3 is 2.81 bits per heavy atom. The monoisotopic (exact) mass is 287 g/mol. The smallest absolute Gasteiger partial charge is 0.253 e. The molecule has 3 heterocycles. The molecule has 3 rings (SSSR count). The summed E-state index contributed by atoms with van der Waals surface area (Å²) in [6.07, 6.45) is 4.69. The Hall–Kier alpha value is -2.20. The summed E-state index contributed by atoms with van der Waals surface area (Å²) in [4.78, 5) is 24.4. The molecule has 7 nitrogen and oxygen atoms in total. The van der Waals surface area contributed by atoms with Crippen molar-refractivity contribution in [3.8, 4) is 6.07 Å². The molecule has 0 spiro atoms. The molecule has 0 aliphatic carbocycles. The molecule has 0 radical (unpaired) electrons. The first-order chi connectivity index (χ1) is 10.3. The van der Waals surface area contributed by atoms with Gasteiger partial charge in [0, 0.05) is 32.0 Å². The zero-order valence-corrected chi connectivity index (χ0v) is 11.7. The summed E-state index contributed by atoms with van der Waals surface area (Å²) in [5.74, 6) is 0.571. The van der Waals surface area contributed by atoms with Gasteiger partial charge in [-0.3, -0.25) is 4.79 Å². The number of nitrogens with zero attached hydrogens (tertiary/aromatic N) is 5. The van der Waals surface area contributed by atoms with Crippen molar-refractivity contribution in [2.45, 2.75) is 18.9 Å². The van der Waals surface area contributed by atoms with Gasteiger partial charge in [0.05, 0.1) is 13.2 Å². The topological polar surface area (TPSA) is 82.4 Å². The number of hydrogen-bond acceptors (Lipinski definition) is 6. The molecule has 110 valence electrons. The molecule has 7 heteroatoms. The molecule has 1 amide bonds. The number of ether oxygens (including phenoxy) is 1. The summed E-state index contributed by atoms with van der Waals surface area (Å²) in [5.41, 5.74) is 0.284. The fourth-order valence-electron chi connectivity index (χ4n) is 2.77. The number of carbonyl (C=O) groups excluding carboxylic acids is 1. The van der Waals surface area contributed by atoms with Gasteiger partial charge in [-0.1, -0.05) is 0 Å². The van der Waals surface area contributed by atoms with E-state index >= 15 is 0 Å². The number of aromatic nitrogens is 2. The summed E-state index contributed by atoms with van der Waals surface area (Å²) >= 11 is 0. The van der Waals surface area contributed by atoms with Crippen molar-refractivity contribution in [1.82, 2.24) is 14.9 Å². The highest BCUT2D eigenvalue weighted by Gasteiger charge is 2.32. The van der Waals surface area contributed by atoms with Crippen molar-refractivity contribution in [3.05, 3.63) is 18.1 Å². The predicted molar refractivity (Wildman–Crippen MR) is 74.5 cm³/mol. The number of morpholine rings is 1. The summed E-state index contributed by atoms with van der Waals surface area (Å²) < 4.78 is 5.61. The number of hydrogen-bond donors (Lipinski definition) is 0. The van der Waals surface area contributed by atoms with Crippen molar-refractivity contribution < 1.29 is 9.53 Å². The molecule has 0 saturated carbocycles. The third kappa shape index (κ3) is 2.81. The maximum absolute atomic E-state index is 12.4. The van der Waals surface area contributed by atoms with Crippen LogP contribution in [0.15, 0.2) is 12.4 Å². The molecular weight excluding hydrogens is 270 g/mol. The van der Waals surface area contributed by atoms with Gasteiger partial charge >= 0.3 is 0 Å². The van der Waals surface area contributed by atoms with Crippen LogP contribution >= 0.6 is 0 Å². The van der Waals surface area contributed by atoms with Gasteiger partial charge in [-0.15, -0.1) is 0 Å². The maximum Gasteiger partial charge on any atom is 0.253 e. The highest BCUT2D eigenvalue weighted by Crippen LogP contribution is 2.19. The fraction of sp³-hybridized carbons (Fsp3) is 0.571. The third-order valence-corrected chi connectivity index (χ3v) is 3.84. The molecule has 2 fully saturated rings. The van der Waals surface area contributed by atoms with Crippen LogP contribution in [0.3, 0.4) is 0 Å². The second kappa shape index (κ2) is 6.06. The van der Waals surface area contributed by atoms with Gasteiger partial charge in [-0.05, 0) is 12.8 Å². The van der Waals surface area contributed by atoms with E-state index in [1.165, 1.54) is 6.20 Å². The van der Waals surface area contributed by atoms with E-state index < -0.39 is 6.10 Å². The molecular formula is C14H17N5O2. The summed E-state index contributed by atoms with van der Waals surface area (Å²) in [7, 11) is 0. The average Bonchev–Trinajstić information content (AvgIpc) is 3.08. The van der Waals surface area contributed by atoms with Crippen molar-refractivity contribution >= 4 is 11.7 Å². The summed E-state index contributed by atoms with van der Waals surface area (Å²) in [6, 6.07) is 2.04. The quantitative estimate of drug-likeness (QED) is 0.771. The van der Waals surface area contributed by atoms with Gasteiger partial charge in [0.2, 0.25) is 0 Å². The standard InChI is InChI=1S/C14H17N5O2/c15-9-11-13(17-4-3-16-11)19-7-8-21-12(10-19)14(20)18-5-1-2-6-18/h3-4,12H,1-2,5-8,10H2. The van der Waals surface area contributed by atoms with Crippen LogP contribution in [0, 0.1) is 11.3 Å². The van der Waals surface area contributed by atoms with Crippen molar-refractivity contribution in [3.63, 3.8) is 0 Å². The Morgan fingerprint density at radius 2 is 2.05 bits per heavy atom. The van der Waals surface area contributed by atoms with Gasteiger partial charge in [-0.25, -0.2) is 9.97 Å². The molecule has 0 N–H and O–H groups in total. The number of anilines is 1. The molecule has 1 aromatic heterocycles. The lowest BCUT2D eigenvalue weighted by Gasteiger charge is -2.34. The minimum absolute atomic E-state index is 0.0413. The first-order valence-corrected chi connectivity index (χ1v) is 7.16. The lowest BCUT2D eigenvalue weighted by molar-refractivity contribution is -0.143. The van der Waals surface area contributed by atoms with E-state index in [0.29, 0.717) is 25.5 Å². The summed E-state index contributed by atoms with van der Waals surface area (Å²) in [5, 5.41) is 9.11. The van der Waals surface area contributed by atoms with Crippen LogP contribution in [0.1, 0.15) is 18.5 Å². The Bertz CT molecular complexity index is 565. The minimum atomic E-state index is -0.481. The van der Waals surface area contributed by atoms with Gasteiger partial charge < -0.3 is 14.5 Å². The molecule has 2 saturated heterocycles. The first-order valence-electron chi connectivity index (χ1n) is 7.16. The van der Waals surface area contributed by atoms with Crippen LogP contribution in [-0.4, -0.2) is 59.7 Å². The van der Waals surface area contributed by atoms with Crippen molar-refractivity contribution in [2.24, 2.45) is 0 Å². The molecule has 1 atom stereocenters. The van der Waals surface area contributed by atoms with E-state index in [9.17, 15) is 4.79 Å². The third-order valence-electron chi connectivity index (χ3n) is 3.84. The van der Waals surface area contributed by atoms with Crippen LogP contribution in [0.4, 0.5) is 5.82 Å². The zero-order valence-electron chi connectivity index (χ0n) is 11.7. The van der Waals surface area contributed by atoms with E-state index in [2.05, 4.69) is 9.97 Å². The zero-order chi connectivity index (χ0) is 14.7. The van der Waals surface area contributed by atoms with E-state index in [1.54, 1.807) is 6.20 Å². The van der Waals surface area contributed by atoms with Crippen molar-refractivity contribution in [1.29, 1.82) is 5.26 Å². The second-order valence-corrected chi connectivity index (χ2v) is 5.18. The Kier molecular flexibility index (Phi) is 3.97. The molecule has 2 aliphatic heterocycles. The number of carbonyl (C=O) groups is 1. The SMILES string of the molecule is N#Cc1nccnc1N1CCOC(C(=O)N2CCCC2)C1. The lowest BCUT2D eigenvalue weighted by Crippen LogP contribution is -2.51. The lowest BCUT2D eigenvalue weighted by atomic mass is 10.2. The highest BCUT2D eigenvalue weighted by atomic mass is 16.5. The summed E-state index contributed by atoms with van der Waals surface area (Å²) in [6.45, 7) is 3.10. The highest BCUT2D eigenvalue weighted by molar-refractivity contribution is 5.82. The van der Waals surface area contributed by atoms with Gasteiger partial charge in [-0.2, -0.15) is 5.26 Å². The largest absolute Gasteiger partial charge is 0.365 e. The molecule has 0 bridgehead atoms. The molecule has 0 aromatic carbocycles. The number of amides is 1. The first kappa shape index (κ1) is 13.8. The van der Waals surface area contributed by atoms with Gasteiger partial charge in [0.1, 0.15) is 6.07 Å². The average molecular weight is 287 g/mol. The van der Waals surface area contributed by atoms with Gasteiger partial charge in [0.25, 0.3) is 5.91 Å². The van der Waals surface area contributed by atoms with Crippen LogP contribution in [-0.2, 0) is 9.53 Å². The molecule has 1 aromatic rings. The second-order valence-electron chi connectivity index (χ2n) is 5.18. The fourth-order valence-corrected chi connectivity index (χ4v) is 2.77. The van der Waals surface area contributed by atoms with Crippen LogP contribution in [0.2, 0.25) is 0 Å². The Balaban J connectivity index is 1.73. The number of likely N-dealkylation sites (tertiary alicyclic amines) is 1. The van der Waals surface area contributed by atoms with Crippen LogP contribution in [0.5, 0.6) is 0 Å². The van der Waals surface area contributed by atoms with Crippen LogP contribution in [0.25, 0.3) is 0 Å². The predicted octanol–water partition coefficient (Wildman–Crippen LogP) is 0.176. The molecule has 2 aliphatic rings.